The summed E-state index contributed by atoms with van der Waals surface area (Å²) in [5, 5.41) is 9.99. The second-order valence-corrected chi connectivity index (χ2v) is 5.26. The maximum absolute atomic E-state index is 11.8. The predicted molar refractivity (Wildman–Crippen MR) is 73.1 cm³/mol. The molecule has 1 aliphatic carbocycles. The zero-order chi connectivity index (χ0) is 14.0. The van der Waals surface area contributed by atoms with E-state index in [-0.39, 0.29) is 5.91 Å². The van der Waals surface area contributed by atoms with Gasteiger partial charge in [-0.05, 0) is 49.4 Å². The van der Waals surface area contributed by atoms with E-state index in [4.69, 9.17) is 4.74 Å². The van der Waals surface area contributed by atoms with Gasteiger partial charge in [-0.25, -0.2) is 0 Å². The zero-order valence-electron chi connectivity index (χ0n) is 11.7. The fraction of sp³-hybridized carbons (Fsp3) is 0.533. The highest BCUT2D eigenvalue weighted by atomic mass is 16.5. The fourth-order valence-electron chi connectivity index (χ4n) is 2.44. The lowest BCUT2D eigenvalue weighted by Gasteiger charge is -2.23. The van der Waals surface area contributed by atoms with Gasteiger partial charge in [0.15, 0.2) is 6.10 Å². The Bertz CT molecular complexity index is 470. The van der Waals surface area contributed by atoms with E-state index in [2.05, 4.69) is 0 Å². The molecule has 0 heterocycles. The number of carbonyl (C=O) groups is 1. The molecule has 0 radical (unpaired) electrons. The third kappa shape index (κ3) is 3.07. The Hall–Kier alpha value is -1.55. The van der Waals surface area contributed by atoms with Gasteiger partial charge in [-0.15, -0.1) is 0 Å². The lowest BCUT2D eigenvalue weighted by atomic mass is 9.89. The maximum Gasteiger partial charge on any atom is 0.262 e. The molecular weight excluding hydrogens is 242 g/mol. The van der Waals surface area contributed by atoms with Gasteiger partial charge in [0, 0.05) is 14.1 Å². The van der Waals surface area contributed by atoms with Crippen LogP contribution in [0.3, 0.4) is 0 Å². The van der Waals surface area contributed by atoms with Crippen LogP contribution in [-0.4, -0.2) is 36.1 Å². The molecule has 1 N–H and O–H groups in total. The number of fused-ring (bicyclic) bond motifs is 1. The van der Waals surface area contributed by atoms with Gasteiger partial charge >= 0.3 is 0 Å². The largest absolute Gasteiger partial charge is 0.481 e. The molecule has 0 saturated heterocycles. The summed E-state index contributed by atoms with van der Waals surface area (Å²) in [7, 11) is 3.41. The first-order chi connectivity index (χ1) is 8.99. The third-order valence-electron chi connectivity index (χ3n) is 3.50. The van der Waals surface area contributed by atoms with E-state index in [1.54, 1.807) is 21.0 Å². The number of carbonyl (C=O) groups excluding carboxylic acids is 1. The van der Waals surface area contributed by atoms with Crippen molar-refractivity contribution in [1.82, 2.24) is 4.90 Å². The molecule has 1 aromatic carbocycles. The first kappa shape index (κ1) is 13.9. The minimum atomic E-state index is -0.520. The highest BCUT2D eigenvalue weighted by Crippen LogP contribution is 2.32. The molecule has 0 aromatic heterocycles. The van der Waals surface area contributed by atoms with Crippen molar-refractivity contribution in [2.75, 3.05) is 14.1 Å². The summed E-state index contributed by atoms with van der Waals surface area (Å²) in [6, 6.07) is 5.72. The molecule has 1 amide bonds. The first-order valence-electron chi connectivity index (χ1n) is 6.67. The van der Waals surface area contributed by atoms with Crippen molar-refractivity contribution >= 4 is 5.91 Å². The SMILES string of the molecule is CC(Oc1ccc2c(c1)C(O)CCC2)C(=O)N(C)C. The molecule has 0 spiro atoms. The molecule has 2 unspecified atom stereocenters. The number of benzene rings is 1. The number of aliphatic hydroxyl groups excluding tert-OH is 1. The van der Waals surface area contributed by atoms with Crippen molar-refractivity contribution < 1.29 is 14.6 Å². The van der Waals surface area contributed by atoms with Crippen molar-refractivity contribution in [2.45, 2.75) is 38.4 Å². The van der Waals surface area contributed by atoms with Crippen LogP contribution in [0.15, 0.2) is 18.2 Å². The number of hydrogen-bond donors (Lipinski definition) is 1. The van der Waals surface area contributed by atoms with Crippen LogP contribution in [0, 0.1) is 0 Å². The van der Waals surface area contributed by atoms with Crippen LogP contribution in [0.4, 0.5) is 0 Å². The van der Waals surface area contributed by atoms with Crippen molar-refractivity contribution in [3.8, 4) is 5.75 Å². The molecule has 1 aromatic rings. The highest BCUT2D eigenvalue weighted by Gasteiger charge is 2.20. The van der Waals surface area contributed by atoms with E-state index in [1.807, 2.05) is 18.2 Å². The van der Waals surface area contributed by atoms with Gasteiger partial charge in [0.1, 0.15) is 5.75 Å². The number of likely N-dealkylation sites (N-methyl/N-ethyl adjacent to an activating group) is 1. The van der Waals surface area contributed by atoms with Crippen LogP contribution in [-0.2, 0) is 11.2 Å². The summed E-state index contributed by atoms with van der Waals surface area (Å²) >= 11 is 0. The third-order valence-corrected chi connectivity index (χ3v) is 3.50. The van der Waals surface area contributed by atoms with E-state index in [0.717, 1.165) is 24.8 Å². The number of aliphatic hydroxyl groups is 1. The molecule has 4 nitrogen and oxygen atoms in total. The van der Waals surface area contributed by atoms with Gasteiger partial charge in [0.05, 0.1) is 6.10 Å². The second-order valence-electron chi connectivity index (χ2n) is 5.26. The van der Waals surface area contributed by atoms with E-state index in [0.29, 0.717) is 5.75 Å². The van der Waals surface area contributed by atoms with Crippen LogP contribution < -0.4 is 4.74 Å². The summed E-state index contributed by atoms with van der Waals surface area (Å²) in [5.74, 6) is 0.570. The molecule has 2 rings (SSSR count). The van der Waals surface area contributed by atoms with E-state index >= 15 is 0 Å². The number of ether oxygens (including phenoxy) is 1. The predicted octanol–water partition coefficient (Wildman–Crippen LogP) is 1.91. The average molecular weight is 263 g/mol. The van der Waals surface area contributed by atoms with Crippen LogP contribution in [0.2, 0.25) is 0 Å². The number of amides is 1. The summed E-state index contributed by atoms with van der Waals surface area (Å²) in [6.07, 6.45) is 1.88. The molecule has 4 heteroatoms. The van der Waals surface area contributed by atoms with Crippen LogP contribution >= 0.6 is 0 Å². The molecule has 104 valence electrons. The Kier molecular flexibility index (Phi) is 4.10. The minimum absolute atomic E-state index is 0.0710. The Balaban J connectivity index is 2.14. The van der Waals surface area contributed by atoms with Crippen molar-refractivity contribution in [2.24, 2.45) is 0 Å². The van der Waals surface area contributed by atoms with Gasteiger partial charge in [-0.2, -0.15) is 0 Å². The summed E-state index contributed by atoms with van der Waals surface area (Å²) in [6.45, 7) is 1.73. The molecule has 0 saturated carbocycles. The Labute approximate surface area is 114 Å². The number of aryl methyl sites for hydroxylation is 1. The molecule has 0 bridgehead atoms. The fourth-order valence-corrected chi connectivity index (χ4v) is 2.44. The average Bonchev–Trinajstić information content (AvgIpc) is 2.38. The molecule has 0 fully saturated rings. The number of rotatable bonds is 3. The van der Waals surface area contributed by atoms with Gasteiger partial charge in [-0.3, -0.25) is 4.79 Å². The monoisotopic (exact) mass is 263 g/mol. The van der Waals surface area contributed by atoms with Crippen LogP contribution in [0.25, 0.3) is 0 Å². The zero-order valence-corrected chi connectivity index (χ0v) is 11.7. The standard InChI is InChI=1S/C15H21NO3/c1-10(15(18)16(2)3)19-12-8-7-11-5-4-6-14(17)13(11)9-12/h7-10,14,17H,4-6H2,1-3H3. The van der Waals surface area contributed by atoms with Crippen LogP contribution in [0.5, 0.6) is 5.75 Å². The van der Waals surface area contributed by atoms with Gasteiger partial charge in [-0.1, -0.05) is 6.07 Å². The Morgan fingerprint density at radius 1 is 1.47 bits per heavy atom. The minimum Gasteiger partial charge on any atom is -0.481 e. The Morgan fingerprint density at radius 2 is 2.21 bits per heavy atom. The molecule has 2 atom stereocenters. The van der Waals surface area contributed by atoms with Gasteiger partial charge in [0.2, 0.25) is 0 Å². The summed E-state index contributed by atoms with van der Waals surface area (Å²) in [5.41, 5.74) is 2.12. The van der Waals surface area contributed by atoms with Gasteiger partial charge < -0.3 is 14.7 Å². The highest BCUT2D eigenvalue weighted by molar-refractivity contribution is 5.80. The summed E-state index contributed by atoms with van der Waals surface area (Å²) < 4.78 is 5.65. The van der Waals surface area contributed by atoms with Gasteiger partial charge in [0.25, 0.3) is 5.91 Å². The first-order valence-corrected chi connectivity index (χ1v) is 6.67. The quantitative estimate of drug-likeness (QED) is 0.906. The summed E-state index contributed by atoms with van der Waals surface area (Å²) in [4.78, 5) is 13.3. The lowest BCUT2D eigenvalue weighted by molar-refractivity contribution is -0.135. The normalized spacial score (nSPS) is 19.5. The maximum atomic E-state index is 11.8. The molecule has 19 heavy (non-hydrogen) atoms. The lowest BCUT2D eigenvalue weighted by Crippen LogP contribution is -2.35. The smallest absolute Gasteiger partial charge is 0.262 e. The molecular formula is C15H21NO3. The molecule has 0 aliphatic heterocycles. The van der Waals surface area contributed by atoms with Crippen molar-refractivity contribution in [3.05, 3.63) is 29.3 Å². The number of hydrogen-bond acceptors (Lipinski definition) is 3. The van der Waals surface area contributed by atoms with Crippen molar-refractivity contribution in [3.63, 3.8) is 0 Å². The second kappa shape index (κ2) is 5.61. The topological polar surface area (TPSA) is 49.8 Å². The van der Waals surface area contributed by atoms with E-state index in [9.17, 15) is 9.90 Å². The van der Waals surface area contributed by atoms with E-state index in [1.165, 1.54) is 10.5 Å². The number of nitrogens with zero attached hydrogens (tertiary/aromatic N) is 1. The van der Waals surface area contributed by atoms with E-state index < -0.39 is 12.2 Å². The van der Waals surface area contributed by atoms with Crippen LogP contribution in [0.1, 0.15) is 37.0 Å². The Morgan fingerprint density at radius 3 is 2.89 bits per heavy atom. The molecule has 1 aliphatic rings. The van der Waals surface area contributed by atoms with Crippen molar-refractivity contribution in [1.29, 1.82) is 0 Å².